The second-order valence-electron chi connectivity index (χ2n) is 9.19. The smallest absolute Gasteiger partial charge is 0.222 e. The van der Waals surface area contributed by atoms with Crippen LogP contribution in [-0.2, 0) is 30.8 Å². The highest BCUT2D eigenvalue weighted by Crippen LogP contribution is 2.25. The van der Waals surface area contributed by atoms with E-state index in [-0.39, 0.29) is 5.91 Å². The molecular weight excluding hydrogens is 408 g/mol. The lowest BCUT2D eigenvalue weighted by atomic mass is 9.98. The molecule has 2 aliphatic rings. The summed E-state index contributed by atoms with van der Waals surface area (Å²) in [5, 5.41) is 0. The summed E-state index contributed by atoms with van der Waals surface area (Å²) in [5.41, 5.74) is 5.23. The van der Waals surface area contributed by atoms with E-state index < -0.39 is 0 Å². The van der Waals surface area contributed by atoms with Crippen LogP contribution in [0.25, 0.3) is 0 Å². The first-order valence-corrected chi connectivity index (χ1v) is 12.1. The Bertz CT molecular complexity index is 1080. The molecule has 0 radical (unpaired) electrons. The van der Waals surface area contributed by atoms with E-state index in [9.17, 15) is 4.79 Å². The number of rotatable bonds is 7. The molecule has 0 aromatic heterocycles. The fourth-order valence-electron chi connectivity index (χ4n) is 5.04. The predicted octanol–water partition coefficient (Wildman–Crippen LogP) is 4.86. The second-order valence-corrected chi connectivity index (χ2v) is 9.19. The maximum Gasteiger partial charge on any atom is 0.222 e. The number of carbonyl (C=O) groups is 1. The Balaban J connectivity index is 1.10. The molecule has 170 valence electrons. The number of likely N-dealkylation sites (tertiary alicyclic amines) is 1. The van der Waals surface area contributed by atoms with Crippen molar-refractivity contribution >= 4 is 5.91 Å². The molecule has 1 saturated heterocycles. The lowest BCUT2D eigenvalue weighted by molar-refractivity contribution is -0.130. The maximum atomic E-state index is 12.9. The average molecular weight is 441 g/mol. The Labute approximate surface area is 196 Å². The van der Waals surface area contributed by atoms with E-state index in [1.54, 1.807) is 0 Å². The molecule has 0 unspecified atom stereocenters. The van der Waals surface area contributed by atoms with Crippen molar-refractivity contribution < 1.29 is 9.53 Å². The third kappa shape index (κ3) is 5.45. The molecule has 33 heavy (non-hydrogen) atoms. The van der Waals surface area contributed by atoms with Crippen LogP contribution in [0.1, 0.15) is 35.1 Å². The maximum absolute atomic E-state index is 12.9. The number of fused-ring (bicyclic) bond motifs is 1. The number of amides is 1. The summed E-state index contributed by atoms with van der Waals surface area (Å²) >= 11 is 0. The molecule has 1 fully saturated rings. The van der Waals surface area contributed by atoms with Gasteiger partial charge in [0.05, 0.1) is 0 Å². The van der Waals surface area contributed by atoms with Gasteiger partial charge >= 0.3 is 0 Å². The van der Waals surface area contributed by atoms with E-state index in [2.05, 4.69) is 58.3 Å². The number of carbonyl (C=O) groups excluding carboxylic acids is 1. The SMILES string of the molecule is O=C(CCc1cccc(OCc2ccccc2)c1)N1CC[C@H](N2CCc3ccccc3C2)C1. The van der Waals surface area contributed by atoms with Gasteiger partial charge in [-0.25, -0.2) is 0 Å². The Kier molecular flexibility index (Phi) is 6.73. The Morgan fingerprint density at radius 1 is 0.879 bits per heavy atom. The minimum Gasteiger partial charge on any atom is -0.489 e. The van der Waals surface area contributed by atoms with Crippen LogP contribution in [0.4, 0.5) is 0 Å². The normalized spacial score (nSPS) is 18.2. The molecule has 5 rings (SSSR count). The first-order chi connectivity index (χ1) is 16.2. The van der Waals surface area contributed by atoms with Crippen LogP contribution < -0.4 is 4.74 Å². The van der Waals surface area contributed by atoms with E-state index in [1.807, 2.05) is 30.3 Å². The van der Waals surface area contributed by atoms with Gasteiger partial charge < -0.3 is 9.64 Å². The Hall–Kier alpha value is -3.11. The first kappa shape index (κ1) is 21.7. The summed E-state index contributed by atoms with van der Waals surface area (Å²) in [5.74, 6) is 1.13. The van der Waals surface area contributed by atoms with E-state index in [0.717, 1.165) is 62.3 Å². The van der Waals surface area contributed by atoms with Gasteiger partial charge in [0.2, 0.25) is 5.91 Å². The summed E-state index contributed by atoms with van der Waals surface area (Å²) in [4.78, 5) is 17.6. The zero-order valence-corrected chi connectivity index (χ0v) is 19.2. The standard InChI is InChI=1S/C29H32N2O2/c32-29(14-13-23-9-6-12-28(19-23)33-22-24-7-2-1-3-8-24)31-18-16-27(21-31)30-17-15-25-10-4-5-11-26(25)20-30/h1-12,19,27H,13-18,20-22H2/t27-/m0/s1. The van der Waals surface area contributed by atoms with Crippen LogP contribution in [0, 0.1) is 0 Å². The number of benzene rings is 3. The molecule has 2 heterocycles. The van der Waals surface area contributed by atoms with Crippen LogP contribution in [-0.4, -0.2) is 41.4 Å². The molecule has 3 aromatic carbocycles. The van der Waals surface area contributed by atoms with Crippen LogP contribution in [0.5, 0.6) is 5.75 Å². The molecule has 2 aliphatic heterocycles. The highest BCUT2D eigenvalue weighted by molar-refractivity contribution is 5.76. The van der Waals surface area contributed by atoms with Crippen molar-refractivity contribution in [3.05, 3.63) is 101 Å². The number of aryl methyl sites for hydroxylation is 1. The van der Waals surface area contributed by atoms with Gasteiger partial charge in [-0.05, 0) is 53.6 Å². The van der Waals surface area contributed by atoms with E-state index in [1.165, 1.54) is 11.1 Å². The summed E-state index contributed by atoms with van der Waals surface area (Å²) in [6.45, 7) is 4.40. The number of hydrogen-bond donors (Lipinski definition) is 0. The summed E-state index contributed by atoms with van der Waals surface area (Å²) in [6, 6.07) is 27.6. The van der Waals surface area contributed by atoms with Crippen LogP contribution in [0.15, 0.2) is 78.9 Å². The molecule has 4 heteroatoms. The van der Waals surface area contributed by atoms with E-state index in [0.29, 0.717) is 19.1 Å². The van der Waals surface area contributed by atoms with Gasteiger partial charge in [-0.3, -0.25) is 9.69 Å². The third-order valence-corrected chi connectivity index (χ3v) is 6.97. The second kappa shape index (κ2) is 10.2. The molecule has 4 nitrogen and oxygen atoms in total. The summed E-state index contributed by atoms with van der Waals surface area (Å²) in [7, 11) is 0. The van der Waals surface area contributed by atoms with Gasteiger partial charge in [0, 0.05) is 38.6 Å². The van der Waals surface area contributed by atoms with Gasteiger partial charge in [-0.15, -0.1) is 0 Å². The quantitative estimate of drug-likeness (QED) is 0.526. The monoisotopic (exact) mass is 440 g/mol. The van der Waals surface area contributed by atoms with Crippen molar-refractivity contribution in [3.63, 3.8) is 0 Å². The number of nitrogens with zero attached hydrogens (tertiary/aromatic N) is 2. The van der Waals surface area contributed by atoms with Crippen LogP contribution in [0.2, 0.25) is 0 Å². The van der Waals surface area contributed by atoms with Gasteiger partial charge in [-0.1, -0.05) is 66.7 Å². The van der Waals surface area contributed by atoms with Crippen molar-refractivity contribution in [1.29, 1.82) is 0 Å². The zero-order valence-electron chi connectivity index (χ0n) is 19.2. The molecule has 0 bridgehead atoms. The van der Waals surface area contributed by atoms with E-state index >= 15 is 0 Å². The number of hydrogen-bond acceptors (Lipinski definition) is 3. The highest BCUT2D eigenvalue weighted by atomic mass is 16.5. The topological polar surface area (TPSA) is 32.8 Å². The van der Waals surface area contributed by atoms with E-state index in [4.69, 9.17) is 4.74 Å². The largest absolute Gasteiger partial charge is 0.489 e. The summed E-state index contributed by atoms with van der Waals surface area (Å²) in [6.07, 6.45) is 3.50. The minimum atomic E-state index is 0.269. The molecule has 0 spiro atoms. The average Bonchev–Trinajstić information content (AvgIpc) is 3.37. The first-order valence-electron chi connectivity index (χ1n) is 12.1. The van der Waals surface area contributed by atoms with Crippen molar-refractivity contribution in [2.45, 2.75) is 44.9 Å². The Morgan fingerprint density at radius 3 is 2.55 bits per heavy atom. The minimum absolute atomic E-state index is 0.269. The molecule has 1 amide bonds. The summed E-state index contributed by atoms with van der Waals surface area (Å²) < 4.78 is 5.94. The fourth-order valence-corrected chi connectivity index (χ4v) is 5.04. The molecular formula is C29H32N2O2. The molecule has 1 atom stereocenters. The van der Waals surface area contributed by atoms with Crippen LogP contribution in [0.3, 0.4) is 0 Å². The molecule has 3 aromatic rings. The van der Waals surface area contributed by atoms with Crippen molar-refractivity contribution in [3.8, 4) is 5.75 Å². The Morgan fingerprint density at radius 2 is 1.67 bits per heavy atom. The number of ether oxygens (including phenoxy) is 1. The van der Waals surface area contributed by atoms with Crippen molar-refractivity contribution in [1.82, 2.24) is 9.80 Å². The lowest BCUT2D eigenvalue weighted by Crippen LogP contribution is -2.41. The fraction of sp³-hybridized carbons (Fsp3) is 0.345. The van der Waals surface area contributed by atoms with Gasteiger partial charge in [0.15, 0.2) is 0 Å². The predicted molar refractivity (Wildman–Crippen MR) is 131 cm³/mol. The van der Waals surface area contributed by atoms with Crippen LogP contribution >= 0.6 is 0 Å². The highest BCUT2D eigenvalue weighted by Gasteiger charge is 2.31. The van der Waals surface area contributed by atoms with Gasteiger partial charge in [0.25, 0.3) is 0 Å². The molecule has 0 aliphatic carbocycles. The van der Waals surface area contributed by atoms with Gasteiger partial charge in [0.1, 0.15) is 12.4 Å². The lowest BCUT2D eigenvalue weighted by Gasteiger charge is -2.33. The van der Waals surface area contributed by atoms with Crippen molar-refractivity contribution in [2.24, 2.45) is 0 Å². The molecule has 0 saturated carbocycles. The van der Waals surface area contributed by atoms with Gasteiger partial charge in [-0.2, -0.15) is 0 Å². The molecule has 0 N–H and O–H groups in total. The third-order valence-electron chi connectivity index (χ3n) is 6.97. The zero-order chi connectivity index (χ0) is 22.5. The van der Waals surface area contributed by atoms with Crippen molar-refractivity contribution in [2.75, 3.05) is 19.6 Å².